The zero-order valence-electron chi connectivity index (χ0n) is 9.98. The van der Waals surface area contributed by atoms with E-state index in [2.05, 4.69) is 9.88 Å². The SMILES string of the molecule is OCCC1CCCCN1Cc1ccncc1Cl. The molecule has 1 aromatic heterocycles. The van der Waals surface area contributed by atoms with E-state index in [9.17, 15) is 0 Å². The molecule has 0 amide bonds. The highest BCUT2D eigenvalue weighted by atomic mass is 35.5. The summed E-state index contributed by atoms with van der Waals surface area (Å²) < 4.78 is 0. The fraction of sp³-hybridized carbons (Fsp3) is 0.615. The normalized spacial score (nSPS) is 21.6. The van der Waals surface area contributed by atoms with Crippen molar-refractivity contribution < 1.29 is 5.11 Å². The molecule has 1 atom stereocenters. The van der Waals surface area contributed by atoms with E-state index in [4.69, 9.17) is 16.7 Å². The molecule has 0 aromatic carbocycles. The smallest absolute Gasteiger partial charge is 0.0634 e. The number of likely N-dealkylation sites (tertiary alicyclic amines) is 1. The predicted octanol–water partition coefficient (Wildman–Crippen LogP) is 2.47. The minimum Gasteiger partial charge on any atom is -0.396 e. The monoisotopic (exact) mass is 254 g/mol. The van der Waals surface area contributed by atoms with Gasteiger partial charge in [0, 0.05) is 31.6 Å². The van der Waals surface area contributed by atoms with Gasteiger partial charge in [0.1, 0.15) is 0 Å². The Hall–Kier alpha value is -0.640. The van der Waals surface area contributed by atoms with Gasteiger partial charge in [-0.3, -0.25) is 9.88 Å². The lowest BCUT2D eigenvalue weighted by Crippen LogP contribution is -2.39. The molecule has 2 heterocycles. The highest BCUT2D eigenvalue weighted by Gasteiger charge is 2.22. The summed E-state index contributed by atoms with van der Waals surface area (Å²) in [5.41, 5.74) is 1.13. The quantitative estimate of drug-likeness (QED) is 0.897. The summed E-state index contributed by atoms with van der Waals surface area (Å²) in [4.78, 5) is 6.43. The van der Waals surface area contributed by atoms with Crippen molar-refractivity contribution >= 4 is 11.6 Å². The van der Waals surface area contributed by atoms with Crippen LogP contribution in [0.4, 0.5) is 0 Å². The fourth-order valence-electron chi connectivity index (χ4n) is 2.50. The molecule has 2 rings (SSSR count). The standard InChI is InChI=1S/C13H19ClN2O/c14-13-9-15-6-4-11(13)10-16-7-2-1-3-12(16)5-8-17/h4,6,9,12,17H,1-3,5,7-8,10H2. The van der Waals surface area contributed by atoms with E-state index in [0.29, 0.717) is 6.04 Å². The van der Waals surface area contributed by atoms with Gasteiger partial charge in [-0.25, -0.2) is 0 Å². The Kier molecular flexibility index (Phi) is 4.77. The van der Waals surface area contributed by atoms with Crippen LogP contribution in [-0.4, -0.2) is 34.2 Å². The van der Waals surface area contributed by atoms with Crippen LogP contribution in [-0.2, 0) is 6.54 Å². The molecule has 1 aromatic rings. The van der Waals surface area contributed by atoms with Crippen LogP contribution < -0.4 is 0 Å². The summed E-state index contributed by atoms with van der Waals surface area (Å²) in [6.07, 6.45) is 8.04. The first-order valence-electron chi connectivity index (χ1n) is 6.24. The Morgan fingerprint density at radius 3 is 3.12 bits per heavy atom. The van der Waals surface area contributed by atoms with E-state index in [1.54, 1.807) is 12.4 Å². The van der Waals surface area contributed by atoms with Gasteiger partial charge in [0.05, 0.1) is 5.02 Å². The molecule has 1 fully saturated rings. The highest BCUT2D eigenvalue weighted by molar-refractivity contribution is 6.31. The van der Waals surface area contributed by atoms with Crippen molar-refractivity contribution in [1.82, 2.24) is 9.88 Å². The third-order valence-electron chi connectivity index (χ3n) is 3.44. The molecule has 1 aliphatic heterocycles. The topological polar surface area (TPSA) is 36.4 Å². The number of piperidine rings is 1. The molecule has 0 bridgehead atoms. The number of aliphatic hydroxyl groups excluding tert-OH is 1. The average Bonchev–Trinajstić information content (AvgIpc) is 2.35. The fourth-order valence-corrected chi connectivity index (χ4v) is 2.67. The largest absolute Gasteiger partial charge is 0.396 e. The zero-order chi connectivity index (χ0) is 12.1. The Labute approximate surface area is 107 Å². The van der Waals surface area contributed by atoms with E-state index < -0.39 is 0 Å². The van der Waals surface area contributed by atoms with Crippen LogP contribution in [0.5, 0.6) is 0 Å². The van der Waals surface area contributed by atoms with Crippen LogP contribution in [0, 0.1) is 0 Å². The number of pyridine rings is 1. The van der Waals surface area contributed by atoms with Gasteiger partial charge < -0.3 is 5.11 Å². The molecule has 94 valence electrons. The second-order valence-corrected chi connectivity index (χ2v) is 5.01. The van der Waals surface area contributed by atoms with Gasteiger partial charge in [0.15, 0.2) is 0 Å². The lowest BCUT2D eigenvalue weighted by atomic mass is 9.99. The molecule has 1 N–H and O–H groups in total. The van der Waals surface area contributed by atoms with Crippen molar-refractivity contribution in [3.8, 4) is 0 Å². The molecule has 4 heteroatoms. The third-order valence-corrected chi connectivity index (χ3v) is 3.78. The van der Waals surface area contributed by atoms with E-state index >= 15 is 0 Å². The first-order chi connectivity index (χ1) is 8.31. The van der Waals surface area contributed by atoms with Gasteiger partial charge >= 0.3 is 0 Å². The van der Waals surface area contributed by atoms with Crippen LogP contribution >= 0.6 is 11.6 Å². The number of rotatable bonds is 4. The third kappa shape index (κ3) is 3.41. The predicted molar refractivity (Wildman–Crippen MR) is 69.0 cm³/mol. The van der Waals surface area contributed by atoms with E-state index in [0.717, 1.165) is 30.1 Å². The summed E-state index contributed by atoms with van der Waals surface area (Å²) in [5, 5.41) is 9.83. The van der Waals surface area contributed by atoms with Crippen LogP contribution in [0.2, 0.25) is 5.02 Å². The van der Waals surface area contributed by atoms with Crippen molar-refractivity contribution in [3.05, 3.63) is 29.0 Å². The molecule has 17 heavy (non-hydrogen) atoms. The summed E-state index contributed by atoms with van der Waals surface area (Å²) in [7, 11) is 0. The molecular formula is C13H19ClN2O. The van der Waals surface area contributed by atoms with E-state index in [1.807, 2.05) is 6.07 Å². The Bertz CT molecular complexity index is 357. The van der Waals surface area contributed by atoms with Gasteiger partial charge in [0.2, 0.25) is 0 Å². The van der Waals surface area contributed by atoms with Gasteiger partial charge in [-0.2, -0.15) is 0 Å². The number of aliphatic hydroxyl groups is 1. The van der Waals surface area contributed by atoms with Crippen molar-refractivity contribution in [3.63, 3.8) is 0 Å². The molecule has 0 saturated carbocycles. The second-order valence-electron chi connectivity index (χ2n) is 4.60. The Balaban J connectivity index is 2.03. The summed E-state index contributed by atoms with van der Waals surface area (Å²) in [5.74, 6) is 0. The molecule has 0 aliphatic carbocycles. The number of hydrogen-bond acceptors (Lipinski definition) is 3. The molecule has 1 saturated heterocycles. The average molecular weight is 255 g/mol. The number of nitrogens with zero attached hydrogens (tertiary/aromatic N) is 2. The van der Waals surface area contributed by atoms with Crippen LogP contribution in [0.25, 0.3) is 0 Å². The first kappa shape index (κ1) is 12.8. The maximum atomic E-state index is 9.09. The highest BCUT2D eigenvalue weighted by Crippen LogP contribution is 2.24. The Morgan fingerprint density at radius 2 is 2.35 bits per heavy atom. The van der Waals surface area contributed by atoms with Crippen molar-refractivity contribution in [2.75, 3.05) is 13.2 Å². The zero-order valence-corrected chi connectivity index (χ0v) is 10.7. The lowest BCUT2D eigenvalue weighted by Gasteiger charge is -2.35. The number of aromatic nitrogens is 1. The molecule has 3 nitrogen and oxygen atoms in total. The summed E-state index contributed by atoms with van der Waals surface area (Å²) >= 11 is 6.13. The van der Waals surface area contributed by atoms with Gasteiger partial charge in [-0.05, 0) is 37.4 Å². The molecule has 1 unspecified atom stereocenters. The second kappa shape index (κ2) is 6.34. The van der Waals surface area contributed by atoms with Crippen LogP contribution in [0.15, 0.2) is 18.5 Å². The van der Waals surface area contributed by atoms with Crippen molar-refractivity contribution in [1.29, 1.82) is 0 Å². The molecule has 0 radical (unpaired) electrons. The number of halogens is 1. The van der Waals surface area contributed by atoms with Gasteiger partial charge in [0.25, 0.3) is 0 Å². The Morgan fingerprint density at radius 1 is 1.47 bits per heavy atom. The van der Waals surface area contributed by atoms with Crippen molar-refractivity contribution in [2.24, 2.45) is 0 Å². The molecule has 1 aliphatic rings. The number of hydrogen-bond donors (Lipinski definition) is 1. The van der Waals surface area contributed by atoms with Gasteiger partial charge in [-0.15, -0.1) is 0 Å². The van der Waals surface area contributed by atoms with Crippen LogP contribution in [0.3, 0.4) is 0 Å². The maximum Gasteiger partial charge on any atom is 0.0634 e. The summed E-state index contributed by atoms with van der Waals surface area (Å²) in [6.45, 7) is 2.24. The van der Waals surface area contributed by atoms with E-state index in [-0.39, 0.29) is 6.61 Å². The first-order valence-corrected chi connectivity index (χ1v) is 6.62. The maximum absolute atomic E-state index is 9.09. The molecular weight excluding hydrogens is 236 g/mol. The minimum absolute atomic E-state index is 0.269. The van der Waals surface area contributed by atoms with Crippen LogP contribution in [0.1, 0.15) is 31.2 Å². The van der Waals surface area contributed by atoms with Gasteiger partial charge in [-0.1, -0.05) is 18.0 Å². The van der Waals surface area contributed by atoms with E-state index in [1.165, 1.54) is 19.3 Å². The molecule has 0 spiro atoms. The minimum atomic E-state index is 0.269. The van der Waals surface area contributed by atoms with Crippen molar-refractivity contribution in [2.45, 2.75) is 38.3 Å². The summed E-state index contributed by atoms with van der Waals surface area (Å²) in [6, 6.07) is 2.48. The lowest BCUT2D eigenvalue weighted by molar-refractivity contribution is 0.112.